The van der Waals surface area contributed by atoms with Crippen LogP contribution in [0.5, 0.6) is 5.75 Å². The molecule has 0 fully saturated rings. The number of para-hydroxylation sites is 1. The summed E-state index contributed by atoms with van der Waals surface area (Å²) in [6, 6.07) is 0.0352. The number of carbonyl (C=O) groups is 11. The number of aromatic nitrogens is 3. The molecule has 31 nitrogen and oxygen atoms in total. The van der Waals surface area contributed by atoms with E-state index in [0.717, 1.165) is 0 Å². The van der Waals surface area contributed by atoms with Crippen molar-refractivity contribution >= 4 is 82.0 Å². The molecule has 0 saturated heterocycles. The Morgan fingerprint density at radius 2 is 1.14 bits per heavy atom. The number of aromatic amines is 2. The standard InChI is InChI=1S/C52H71N15O16/c1-26(2)43(67-44(76)32(53)13-15-40(70)71)51(83)62-35(14-16-41(72)73)47(79)63-36(18-27-9-11-30(69)12-10-27)48(80)64-37(19-28-21-58-33-7-4-3-6-31(28)33)49(81)65-38(20-29-22-56-25-60-29)50(82)61-34(8-5-17-57-52(54)55)46(78)66-39(24-68)45(77)59-23-42(74)75/h3-4,6-7,9-12,21-22,25-26,32,34-39,43,58,68-69H,5,8,13-20,23-24,53H2,1-2H3,(H,56,60)(H,59,77)(H,61,82)(H,62,83)(H,63,79)(H,64,80)(H,65,81)(H,66,78)(H,67,76)(H,70,71)(H,72,73)(H,74,75)(H4,54,55,57)/t32-,34-,35-,36-,37-,38-,39-,43-/m0/s1. The summed E-state index contributed by atoms with van der Waals surface area (Å²) >= 11 is 0. The minimum Gasteiger partial charge on any atom is -0.508 e. The first-order chi connectivity index (χ1) is 39.3. The van der Waals surface area contributed by atoms with Gasteiger partial charge in [0, 0.05) is 67.6 Å². The van der Waals surface area contributed by atoms with Crippen LogP contribution in [0, 0.1) is 5.92 Å². The molecule has 0 saturated carbocycles. The number of nitrogens with one attached hydrogen (secondary N) is 10. The van der Waals surface area contributed by atoms with E-state index in [2.05, 4.69) is 57.2 Å². The summed E-state index contributed by atoms with van der Waals surface area (Å²) in [6.45, 7) is 1.24. The number of aliphatic carboxylic acids is 3. The SMILES string of the molecule is CC(C)[C@H](NC(=O)[C@@H](N)CCC(=O)O)C(=O)N[C@@H](CCC(=O)O)C(=O)N[C@@H](Cc1ccc(O)cc1)C(=O)N[C@@H](Cc1c[nH]c2ccccc12)C(=O)N[C@@H](Cc1cnc[nH]1)C(=O)N[C@@H](CCCN=C(N)N)C(=O)N[C@@H](CO)C(=O)NCC(=O)O. The molecule has 4 aromatic rings. The van der Waals surface area contributed by atoms with Crippen LogP contribution in [0.4, 0.5) is 0 Å². The molecule has 0 radical (unpaired) electrons. The molecular weight excluding hydrogens is 1090 g/mol. The van der Waals surface area contributed by atoms with Crippen molar-refractivity contribution in [1.82, 2.24) is 57.5 Å². The summed E-state index contributed by atoms with van der Waals surface area (Å²) in [4.78, 5) is 160. The first-order valence-electron chi connectivity index (χ1n) is 26.1. The fraction of sp³-hybridized carbons (Fsp3) is 0.442. The van der Waals surface area contributed by atoms with Gasteiger partial charge in [0.05, 0.1) is 19.0 Å². The van der Waals surface area contributed by atoms with Crippen LogP contribution < -0.4 is 59.7 Å². The predicted molar refractivity (Wildman–Crippen MR) is 294 cm³/mol. The Morgan fingerprint density at radius 3 is 1.71 bits per heavy atom. The van der Waals surface area contributed by atoms with Crippen molar-refractivity contribution < 1.29 is 78.3 Å². The zero-order valence-electron chi connectivity index (χ0n) is 45.4. The fourth-order valence-electron chi connectivity index (χ4n) is 8.25. The van der Waals surface area contributed by atoms with E-state index >= 15 is 0 Å². The van der Waals surface area contributed by atoms with Crippen LogP contribution in [0.3, 0.4) is 0 Å². The third-order valence-electron chi connectivity index (χ3n) is 12.7. The molecule has 21 N–H and O–H groups in total. The summed E-state index contributed by atoms with van der Waals surface area (Å²) in [7, 11) is 0. The number of aromatic hydroxyl groups is 1. The number of hydrogen-bond acceptors (Lipinski definition) is 16. The van der Waals surface area contributed by atoms with E-state index in [0.29, 0.717) is 27.7 Å². The summed E-state index contributed by atoms with van der Waals surface area (Å²) in [6.07, 6.45) is 1.23. The van der Waals surface area contributed by atoms with Crippen molar-refractivity contribution in [2.75, 3.05) is 19.7 Å². The van der Waals surface area contributed by atoms with Gasteiger partial charge in [-0.1, -0.05) is 44.2 Å². The third-order valence-corrected chi connectivity index (χ3v) is 12.7. The van der Waals surface area contributed by atoms with Crippen molar-refractivity contribution in [2.45, 2.75) is 120 Å². The molecule has 83 heavy (non-hydrogen) atoms. The van der Waals surface area contributed by atoms with Crippen molar-refractivity contribution in [1.29, 1.82) is 0 Å². The minimum atomic E-state index is -1.68. The van der Waals surface area contributed by atoms with E-state index in [1.807, 2.05) is 5.32 Å². The monoisotopic (exact) mass is 1160 g/mol. The lowest BCUT2D eigenvalue weighted by Gasteiger charge is -2.28. The van der Waals surface area contributed by atoms with Crippen LogP contribution in [0.2, 0.25) is 0 Å². The van der Waals surface area contributed by atoms with Gasteiger partial charge in [0.2, 0.25) is 47.3 Å². The van der Waals surface area contributed by atoms with E-state index in [1.54, 1.807) is 44.3 Å². The lowest BCUT2D eigenvalue weighted by atomic mass is 10.00. The van der Waals surface area contributed by atoms with Gasteiger partial charge in [0.1, 0.15) is 54.6 Å². The van der Waals surface area contributed by atoms with Crippen molar-refractivity contribution in [3.8, 4) is 5.75 Å². The molecule has 450 valence electrons. The molecule has 0 bridgehead atoms. The Bertz CT molecular complexity index is 2930. The van der Waals surface area contributed by atoms with Gasteiger partial charge in [-0.05, 0) is 60.9 Å². The molecule has 2 heterocycles. The number of phenols is 1. The van der Waals surface area contributed by atoms with Crippen LogP contribution in [0.25, 0.3) is 10.9 Å². The number of hydrogen-bond donors (Lipinski definition) is 18. The number of H-pyrrole nitrogens is 2. The van der Waals surface area contributed by atoms with E-state index in [4.69, 9.17) is 27.4 Å². The predicted octanol–water partition coefficient (Wildman–Crippen LogP) is -4.02. The van der Waals surface area contributed by atoms with Gasteiger partial charge in [-0.25, -0.2) is 4.98 Å². The normalized spacial score (nSPS) is 13.9. The first kappa shape index (κ1) is 65.9. The smallest absolute Gasteiger partial charge is 0.322 e. The van der Waals surface area contributed by atoms with Gasteiger partial charge < -0.3 is 95.2 Å². The summed E-state index contributed by atoms with van der Waals surface area (Å²) in [5, 5.41) is 68.1. The molecule has 2 aromatic carbocycles. The van der Waals surface area contributed by atoms with E-state index in [-0.39, 0.29) is 56.8 Å². The van der Waals surface area contributed by atoms with Crippen LogP contribution >= 0.6 is 0 Å². The Labute approximate surface area is 474 Å². The van der Waals surface area contributed by atoms with Crippen LogP contribution in [-0.4, -0.2) is 180 Å². The number of nitrogens with two attached hydrogens (primary N) is 3. The lowest BCUT2D eigenvalue weighted by Crippen LogP contribution is -2.61. The van der Waals surface area contributed by atoms with Gasteiger partial charge >= 0.3 is 17.9 Å². The number of phenolic OH excluding ortho intramolecular Hbond substituents is 1. The van der Waals surface area contributed by atoms with Gasteiger partial charge in [-0.3, -0.25) is 57.7 Å². The second kappa shape index (κ2) is 32.6. The maximum Gasteiger partial charge on any atom is 0.322 e. The highest BCUT2D eigenvalue weighted by Gasteiger charge is 2.36. The summed E-state index contributed by atoms with van der Waals surface area (Å²) < 4.78 is 0. The lowest BCUT2D eigenvalue weighted by molar-refractivity contribution is -0.139. The van der Waals surface area contributed by atoms with Crippen LogP contribution in [-0.2, 0) is 72.0 Å². The average molecular weight is 1160 g/mol. The highest BCUT2D eigenvalue weighted by molar-refractivity contribution is 5.99. The second-order valence-electron chi connectivity index (χ2n) is 19.5. The van der Waals surface area contributed by atoms with Crippen molar-refractivity contribution in [3.05, 3.63) is 84.1 Å². The number of aliphatic hydroxyl groups is 1. The number of carboxylic acids is 3. The number of nitrogens with zero attached hydrogens (tertiary/aromatic N) is 2. The average Bonchev–Trinajstić information content (AvgIpc) is 4.15. The number of guanidine groups is 1. The zero-order chi connectivity index (χ0) is 61.3. The number of imidazole rings is 1. The third kappa shape index (κ3) is 22.1. The van der Waals surface area contributed by atoms with Gasteiger partial charge in [0.25, 0.3) is 0 Å². The number of amides is 8. The molecule has 8 amide bonds. The zero-order valence-corrected chi connectivity index (χ0v) is 45.4. The number of benzene rings is 2. The van der Waals surface area contributed by atoms with Gasteiger partial charge in [-0.15, -0.1) is 0 Å². The quantitative estimate of drug-likeness (QED) is 0.0119. The van der Waals surface area contributed by atoms with E-state index in [1.165, 1.54) is 36.8 Å². The number of carbonyl (C=O) groups excluding carboxylic acids is 8. The summed E-state index contributed by atoms with van der Waals surface area (Å²) in [5.74, 6) is -13.1. The van der Waals surface area contributed by atoms with Crippen LogP contribution in [0.1, 0.15) is 69.2 Å². The second-order valence-corrected chi connectivity index (χ2v) is 19.5. The minimum absolute atomic E-state index is 0.0352. The number of aliphatic hydroxyl groups excluding tert-OH is 1. The molecular formula is C52H71N15O16. The number of fused-ring (bicyclic) bond motifs is 1. The Kier molecular flexibility index (Phi) is 25.8. The van der Waals surface area contributed by atoms with Crippen molar-refractivity contribution in [2.24, 2.45) is 28.1 Å². The molecule has 0 spiro atoms. The van der Waals surface area contributed by atoms with Gasteiger partial charge in [0.15, 0.2) is 5.96 Å². The molecule has 0 aliphatic rings. The van der Waals surface area contributed by atoms with Crippen molar-refractivity contribution in [3.63, 3.8) is 0 Å². The maximum absolute atomic E-state index is 14.9. The Morgan fingerprint density at radius 1 is 0.602 bits per heavy atom. The first-order valence-corrected chi connectivity index (χ1v) is 26.1. The largest absolute Gasteiger partial charge is 0.508 e. The summed E-state index contributed by atoms with van der Waals surface area (Å²) in [5.41, 5.74) is 18.6. The molecule has 0 aliphatic carbocycles. The molecule has 2 aromatic heterocycles. The Balaban J connectivity index is 1.73. The molecule has 0 unspecified atom stereocenters. The fourth-order valence-corrected chi connectivity index (χ4v) is 8.25. The van der Waals surface area contributed by atoms with E-state index in [9.17, 15) is 68.1 Å². The van der Waals surface area contributed by atoms with E-state index < -0.39 is 152 Å². The number of aliphatic imine (C=N–C) groups is 1. The number of carboxylic acid groups (broad SMARTS) is 3. The molecule has 8 atom stereocenters. The van der Waals surface area contributed by atoms with Gasteiger partial charge in [-0.2, -0.15) is 0 Å². The van der Waals surface area contributed by atoms with Crippen LogP contribution in [0.15, 0.2) is 72.2 Å². The number of rotatable bonds is 35. The highest BCUT2D eigenvalue weighted by Crippen LogP contribution is 2.20. The molecule has 31 heteroatoms. The molecule has 4 rings (SSSR count). The highest BCUT2D eigenvalue weighted by atomic mass is 16.4. The maximum atomic E-state index is 14.9. The Hall–Kier alpha value is -9.65. The molecule has 0 aliphatic heterocycles. The topological polar surface area (TPSA) is 520 Å².